The zero-order chi connectivity index (χ0) is 20.2. The van der Waals surface area contributed by atoms with E-state index in [9.17, 15) is 9.59 Å². The molecule has 6 nitrogen and oxygen atoms in total. The molecule has 0 bridgehead atoms. The minimum absolute atomic E-state index is 0.0406. The highest BCUT2D eigenvalue weighted by Gasteiger charge is 2.30. The maximum Gasteiger partial charge on any atom is 0.223 e. The van der Waals surface area contributed by atoms with Gasteiger partial charge in [-0.3, -0.25) is 14.5 Å². The van der Waals surface area contributed by atoms with Crippen molar-refractivity contribution >= 4 is 17.9 Å². The highest BCUT2D eigenvalue weighted by Crippen LogP contribution is 2.33. The monoisotopic (exact) mass is 393 g/mol. The van der Waals surface area contributed by atoms with Crippen LogP contribution in [0.3, 0.4) is 0 Å². The Bertz CT molecular complexity index is 885. The minimum atomic E-state index is -0.289. The molecule has 2 amide bonds. The second-order valence-corrected chi connectivity index (χ2v) is 7.67. The normalized spacial score (nSPS) is 19.8. The quantitative estimate of drug-likeness (QED) is 0.816. The van der Waals surface area contributed by atoms with Crippen LogP contribution >= 0.6 is 0 Å². The van der Waals surface area contributed by atoms with E-state index < -0.39 is 0 Å². The van der Waals surface area contributed by atoms with E-state index in [4.69, 9.17) is 4.42 Å². The molecule has 3 heterocycles. The van der Waals surface area contributed by atoms with Gasteiger partial charge in [0.15, 0.2) is 0 Å². The molecular weight excluding hydrogens is 366 g/mol. The summed E-state index contributed by atoms with van der Waals surface area (Å²) >= 11 is 0. The molecular formula is C23H27N3O3. The number of benzene rings is 1. The first-order valence-corrected chi connectivity index (χ1v) is 10.2. The average molecular weight is 393 g/mol. The van der Waals surface area contributed by atoms with Gasteiger partial charge >= 0.3 is 0 Å². The van der Waals surface area contributed by atoms with E-state index in [1.54, 1.807) is 17.4 Å². The third-order valence-corrected chi connectivity index (χ3v) is 5.79. The van der Waals surface area contributed by atoms with Crippen molar-refractivity contribution in [2.45, 2.75) is 38.3 Å². The second kappa shape index (κ2) is 8.66. The van der Waals surface area contributed by atoms with E-state index in [1.807, 2.05) is 42.5 Å². The van der Waals surface area contributed by atoms with E-state index in [0.29, 0.717) is 6.54 Å². The molecule has 4 rings (SSSR count). The van der Waals surface area contributed by atoms with Gasteiger partial charge in [-0.15, -0.1) is 0 Å². The number of likely N-dealkylation sites (tertiary alicyclic amines) is 1. The molecule has 2 aliphatic heterocycles. The van der Waals surface area contributed by atoms with E-state index in [1.165, 1.54) is 19.8 Å². The van der Waals surface area contributed by atoms with Gasteiger partial charge in [-0.25, -0.2) is 0 Å². The van der Waals surface area contributed by atoms with E-state index >= 15 is 0 Å². The van der Waals surface area contributed by atoms with Crippen LogP contribution in [0.2, 0.25) is 0 Å². The van der Waals surface area contributed by atoms with Crippen LogP contribution in [0.1, 0.15) is 55.2 Å². The first-order chi connectivity index (χ1) is 14.1. The van der Waals surface area contributed by atoms with Gasteiger partial charge in [0, 0.05) is 19.7 Å². The number of hydrogen-bond donors (Lipinski definition) is 1. The van der Waals surface area contributed by atoms with Gasteiger partial charge in [0.05, 0.1) is 24.8 Å². The lowest BCUT2D eigenvalue weighted by molar-refractivity contribution is -0.130. The number of nitrogens with one attached hydrogen (secondary N) is 1. The third kappa shape index (κ3) is 4.27. The van der Waals surface area contributed by atoms with Gasteiger partial charge in [-0.2, -0.15) is 0 Å². The molecule has 0 radical (unpaired) electrons. The molecule has 0 saturated carbocycles. The summed E-state index contributed by atoms with van der Waals surface area (Å²) in [5.41, 5.74) is 2.05. The summed E-state index contributed by atoms with van der Waals surface area (Å²) in [6.45, 7) is 4.06. The van der Waals surface area contributed by atoms with E-state index in [-0.39, 0.29) is 30.3 Å². The molecule has 2 atom stereocenters. The highest BCUT2D eigenvalue weighted by atomic mass is 16.3. The molecule has 1 aromatic carbocycles. The molecule has 1 saturated heterocycles. The zero-order valence-corrected chi connectivity index (χ0v) is 16.7. The van der Waals surface area contributed by atoms with Crippen LogP contribution in [0.15, 0.2) is 53.3 Å². The molecule has 2 aliphatic rings. The van der Waals surface area contributed by atoms with Crippen molar-refractivity contribution in [2.24, 2.45) is 0 Å². The maximum atomic E-state index is 12.9. The Labute approximate surface area is 171 Å². The van der Waals surface area contributed by atoms with Crippen molar-refractivity contribution < 1.29 is 14.0 Å². The van der Waals surface area contributed by atoms with Crippen LogP contribution in [0.4, 0.5) is 0 Å². The average Bonchev–Trinajstić information content (AvgIpc) is 3.43. The lowest BCUT2D eigenvalue weighted by Gasteiger charge is -2.32. The lowest BCUT2D eigenvalue weighted by Crippen LogP contribution is -2.39. The van der Waals surface area contributed by atoms with Crippen molar-refractivity contribution in [3.63, 3.8) is 0 Å². The molecule has 0 unspecified atom stereocenters. The molecule has 29 heavy (non-hydrogen) atoms. The number of carbonyl (C=O) groups is 2. The summed E-state index contributed by atoms with van der Waals surface area (Å²) in [6, 6.07) is 11.5. The van der Waals surface area contributed by atoms with Crippen LogP contribution in [0, 0.1) is 0 Å². The fraction of sp³-hybridized carbons (Fsp3) is 0.391. The van der Waals surface area contributed by atoms with Crippen molar-refractivity contribution in [3.05, 3.63) is 65.7 Å². The summed E-state index contributed by atoms with van der Waals surface area (Å²) in [7, 11) is 0. The Balaban J connectivity index is 1.45. The van der Waals surface area contributed by atoms with Crippen molar-refractivity contribution in [2.75, 3.05) is 19.6 Å². The van der Waals surface area contributed by atoms with Gasteiger partial charge in [0.25, 0.3) is 0 Å². The first-order valence-electron chi connectivity index (χ1n) is 10.2. The number of amides is 2. The predicted octanol–water partition coefficient (Wildman–Crippen LogP) is 3.50. The summed E-state index contributed by atoms with van der Waals surface area (Å²) in [5.74, 6) is 0.740. The number of nitrogens with zero attached hydrogens (tertiary/aromatic N) is 2. The van der Waals surface area contributed by atoms with Crippen molar-refractivity contribution in [1.29, 1.82) is 0 Å². The van der Waals surface area contributed by atoms with Crippen molar-refractivity contribution in [3.8, 4) is 0 Å². The van der Waals surface area contributed by atoms with Gasteiger partial charge in [0.1, 0.15) is 5.76 Å². The van der Waals surface area contributed by atoms with Gasteiger partial charge in [0.2, 0.25) is 11.8 Å². The first kappa shape index (κ1) is 19.5. The summed E-state index contributed by atoms with van der Waals surface area (Å²) in [6.07, 6.45) is 7.94. The fourth-order valence-electron chi connectivity index (χ4n) is 4.32. The number of fused-ring (bicyclic) bond motifs is 1. The topological polar surface area (TPSA) is 65.8 Å². The van der Waals surface area contributed by atoms with Gasteiger partial charge < -0.3 is 14.6 Å². The highest BCUT2D eigenvalue weighted by molar-refractivity contribution is 5.81. The number of hydrogen-bond acceptors (Lipinski definition) is 4. The fourth-order valence-corrected chi connectivity index (χ4v) is 4.32. The van der Waals surface area contributed by atoms with Crippen molar-refractivity contribution in [1.82, 2.24) is 15.1 Å². The van der Waals surface area contributed by atoms with E-state index in [2.05, 4.69) is 10.2 Å². The van der Waals surface area contributed by atoms with Crippen LogP contribution in [0.25, 0.3) is 6.08 Å². The van der Waals surface area contributed by atoms with Gasteiger partial charge in [-0.05, 0) is 55.3 Å². The molecule has 0 spiro atoms. The molecule has 2 aromatic rings. The van der Waals surface area contributed by atoms with Crippen LogP contribution < -0.4 is 5.32 Å². The number of carbonyl (C=O) groups excluding carboxylic acids is 2. The summed E-state index contributed by atoms with van der Waals surface area (Å²) in [4.78, 5) is 29.0. The lowest BCUT2D eigenvalue weighted by atomic mass is 9.93. The smallest absolute Gasteiger partial charge is 0.223 e. The molecule has 0 aliphatic carbocycles. The Hall–Kier alpha value is -2.86. The van der Waals surface area contributed by atoms with Crippen LogP contribution in [0.5, 0.6) is 0 Å². The van der Waals surface area contributed by atoms with Crippen LogP contribution in [-0.4, -0.2) is 41.2 Å². The van der Waals surface area contributed by atoms with Crippen LogP contribution in [-0.2, 0) is 9.59 Å². The Morgan fingerprint density at radius 1 is 1.17 bits per heavy atom. The molecule has 1 aromatic heterocycles. The second-order valence-electron chi connectivity index (χ2n) is 7.67. The number of furan rings is 1. The molecule has 1 fully saturated rings. The zero-order valence-electron chi connectivity index (χ0n) is 16.7. The molecule has 152 valence electrons. The predicted molar refractivity (Wildman–Crippen MR) is 111 cm³/mol. The Morgan fingerprint density at radius 3 is 2.69 bits per heavy atom. The summed E-state index contributed by atoms with van der Waals surface area (Å²) < 4.78 is 5.63. The third-order valence-electron chi connectivity index (χ3n) is 5.79. The summed E-state index contributed by atoms with van der Waals surface area (Å²) in [5, 5.41) is 3.08. The largest absolute Gasteiger partial charge is 0.468 e. The Morgan fingerprint density at radius 2 is 1.97 bits per heavy atom. The molecule has 1 N–H and O–H groups in total. The standard InChI is InChI=1S/C23H27N3O3/c1-17(27)26-13-10-18-7-2-3-8-19(18)20(26)15-23(28)24-16-21(22-9-6-14-29-22)25-11-4-5-12-25/h2-3,6-10,13-14,20-21H,4-5,11-12,15-16H2,1H3,(H,24,28)/t20-,21-/m0/s1. The van der Waals surface area contributed by atoms with Gasteiger partial charge in [-0.1, -0.05) is 24.3 Å². The Kier molecular flexibility index (Phi) is 5.81. The maximum absolute atomic E-state index is 12.9. The van der Waals surface area contributed by atoms with E-state index in [0.717, 1.165) is 30.0 Å². The molecule has 6 heteroatoms. The number of rotatable bonds is 6. The SMILES string of the molecule is CC(=O)N1C=Cc2ccccc2[C@@H]1CC(=O)NC[C@@H](c1ccco1)N1CCCC1. The minimum Gasteiger partial charge on any atom is -0.468 e.